The first-order valence-corrected chi connectivity index (χ1v) is 5.44. The van der Waals surface area contributed by atoms with Crippen molar-refractivity contribution < 1.29 is 4.80 Å². The molecule has 0 saturated heterocycles. The van der Waals surface area contributed by atoms with Crippen LogP contribution in [0.25, 0.3) is 0 Å². The van der Waals surface area contributed by atoms with Crippen LogP contribution in [0.3, 0.4) is 0 Å². The van der Waals surface area contributed by atoms with E-state index in [0.717, 1.165) is 6.04 Å². The molecular formula is C4H13BOSi. The monoisotopic (exact) mass is 116 g/mol. The van der Waals surface area contributed by atoms with Crippen LogP contribution in [0.4, 0.5) is 0 Å². The Morgan fingerprint density at radius 1 is 1.71 bits per heavy atom. The predicted octanol–water partition coefficient (Wildman–Crippen LogP) is -0.368. The second-order valence-corrected chi connectivity index (χ2v) is 4.27. The van der Waals surface area contributed by atoms with Crippen LogP contribution in [0.15, 0.2) is 0 Å². The molecule has 42 valence electrons. The molecule has 1 atom stereocenters. The van der Waals surface area contributed by atoms with Gasteiger partial charge in [-0.1, -0.05) is 19.8 Å². The van der Waals surface area contributed by atoms with Crippen molar-refractivity contribution in [1.29, 1.82) is 0 Å². The third-order valence-electron chi connectivity index (χ3n) is 0.975. The van der Waals surface area contributed by atoms with Gasteiger partial charge in [0.15, 0.2) is 0 Å². The molecule has 0 fully saturated rings. The predicted molar refractivity (Wildman–Crippen MR) is 37.6 cm³/mol. The van der Waals surface area contributed by atoms with E-state index in [4.69, 9.17) is 4.80 Å². The van der Waals surface area contributed by atoms with Gasteiger partial charge in [-0.2, -0.15) is 0 Å². The second-order valence-electron chi connectivity index (χ2n) is 1.99. The zero-order chi connectivity index (χ0) is 5.70. The first-order valence-electron chi connectivity index (χ1n) is 2.95. The van der Waals surface area contributed by atoms with Gasteiger partial charge in [0.25, 0.3) is 0 Å². The minimum atomic E-state index is -1.19. The largest absolute Gasteiger partial charge is 0.443 e. The molecule has 0 saturated carbocycles. The molecule has 0 aromatic heterocycles. The molecule has 3 heteroatoms. The molecule has 1 unspecified atom stereocenters. The molecule has 0 rings (SSSR count). The van der Waals surface area contributed by atoms with Gasteiger partial charge in [-0.05, 0) is 6.04 Å². The van der Waals surface area contributed by atoms with Crippen molar-refractivity contribution in [3.05, 3.63) is 0 Å². The molecule has 0 spiro atoms. The van der Waals surface area contributed by atoms with Gasteiger partial charge in [0.1, 0.15) is 16.3 Å². The van der Waals surface area contributed by atoms with Crippen LogP contribution in [0.1, 0.15) is 19.8 Å². The molecule has 0 aliphatic rings. The van der Waals surface area contributed by atoms with Gasteiger partial charge in [0.2, 0.25) is 0 Å². The Morgan fingerprint density at radius 2 is 2.29 bits per heavy atom. The molecule has 7 heavy (non-hydrogen) atoms. The summed E-state index contributed by atoms with van der Waals surface area (Å²) in [6.07, 6.45) is 2.43. The Hall–Kier alpha value is 0.242. The van der Waals surface area contributed by atoms with Crippen molar-refractivity contribution in [3.8, 4) is 0 Å². The second kappa shape index (κ2) is 4.40. The molecule has 0 amide bonds. The summed E-state index contributed by atoms with van der Waals surface area (Å²) in [5, 5.41) is 0. The van der Waals surface area contributed by atoms with Crippen molar-refractivity contribution in [2.75, 3.05) is 0 Å². The topological polar surface area (TPSA) is 20.2 Å². The smallest absolute Gasteiger partial charge is 0.131 e. The molecule has 0 radical (unpaired) electrons. The zero-order valence-electron chi connectivity index (χ0n) is 5.15. The standard InChI is InChI=1S/C4H13BOSi/c1-2-3-4-7(5)6/h6-7H,2-5H2,1H3. The van der Waals surface area contributed by atoms with Gasteiger partial charge in [0, 0.05) is 0 Å². The van der Waals surface area contributed by atoms with Gasteiger partial charge in [-0.25, -0.2) is 0 Å². The van der Waals surface area contributed by atoms with Crippen LogP contribution < -0.4 is 0 Å². The van der Waals surface area contributed by atoms with E-state index in [1.807, 2.05) is 7.44 Å². The van der Waals surface area contributed by atoms with E-state index in [1.54, 1.807) is 0 Å². The summed E-state index contributed by atoms with van der Waals surface area (Å²) in [5.41, 5.74) is 0. The summed E-state index contributed by atoms with van der Waals surface area (Å²) in [6.45, 7) is 2.15. The summed E-state index contributed by atoms with van der Waals surface area (Å²) in [5.74, 6) is 0. The van der Waals surface area contributed by atoms with Crippen LogP contribution >= 0.6 is 0 Å². The Bertz CT molecular complexity index is 40.7. The molecule has 1 nitrogen and oxygen atoms in total. The average molecular weight is 116 g/mol. The minimum absolute atomic E-state index is 1.09. The van der Waals surface area contributed by atoms with Crippen molar-refractivity contribution in [3.63, 3.8) is 0 Å². The Labute approximate surface area is 47.8 Å². The van der Waals surface area contributed by atoms with Crippen LogP contribution in [0.5, 0.6) is 0 Å². The Morgan fingerprint density at radius 3 is 2.43 bits per heavy atom. The van der Waals surface area contributed by atoms with Crippen LogP contribution in [0.2, 0.25) is 6.04 Å². The fourth-order valence-electron chi connectivity index (χ4n) is 0.500. The highest BCUT2D eigenvalue weighted by Gasteiger charge is 1.93. The summed E-state index contributed by atoms with van der Waals surface area (Å²) in [7, 11) is 0.780. The summed E-state index contributed by atoms with van der Waals surface area (Å²) >= 11 is 0. The van der Waals surface area contributed by atoms with Crippen molar-refractivity contribution in [2.24, 2.45) is 0 Å². The number of hydrogen-bond donors (Lipinski definition) is 1. The van der Waals surface area contributed by atoms with Gasteiger partial charge in [-0.15, -0.1) is 0 Å². The quantitative estimate of drug-likeness (QED) is 0.499. The number of unbranched alkanes of at least 4 members (excludes halogenated alkanes) is 1. The van der Waals surface area contributed by atoms with Crippen molar-refractivity contribution in [2.45, 2.75) is 25.8 Å². The molecule has 0 bridgehead atoms. The van der Waals surface area contributed by atoms with Gasteiger partial charge < -0.3 is 4.80 Å². The molecule has 0 heterocycles. The van der Waals surface area contributed by atoms with E-state index >= 15 is 0 Å². The van der Waals surface area contributed by atoms with Crippen LogP contribution in [0, 0.1) is 0 Å². The van der Waals surface area contributed by atoms with Crippen molar-refractivity contribution >= 4 is 16.3 Å². The number of hydrogen-bond acceptors (Lipinski definition) is 1. The highest BCUT2D eigenvalue weighted by atomic mass is 28.3. The van der Waals surface area contributed by atoms with Crippen LogP contribution in [-0.2, 0) is 0 Å². The highest BCUT2D eigenvalue weighted by molar-refractivity contribution is 6.98. The Balaban J connectivity index is 2.68. The SMILES string of the molecule is B[SiH](O)CCCC. The van der Waals surface area contributed by atoms with E-state index in [0.29, 0.717) is 0 Å². The molecule has 0 aliphatic carbocycles. The molecule has 0 aromatic rings. The third kappa shape index (κ3) is 6.24. The average Bonchev–Trinajstić information content (AvgIpc) is 1.61. The summed E-state index contributed by atoms with van der Waals surface area (Å²) in [6, 6.07) is 1.09. The van der Waals surface area contributed by atoms with Gasteiger partial charge >= 0.3 is 0 Å². The normalized spacial score (nSPS) is 14.0. The maximum atomic E-state index is 8.82. The van der Waals surface area contributed by atoms with Gasteiger partial charge in [0.05, 0.1) is 0 Å². The van der Waals surface area contributed by atoms with Crippen LogP contribution in [-0.4, -0.2) is 21.1 Å². The van der Waals surface area contributed by atoms with Crippen molar-refractivity contribution in [1.82, 2.24) is 0 Å². The van der Waals surface area contributed by atoms with E-state index in [9.17, 15) is 0 Å². The first kappa shape index (κ1) is 7.24. The summed E-state index contributed by atoms with van der Waals surface area (Å²) < 4.78 is 0. The molecular weight excluding hydrogens is 103 g/mol. The van der Waals surface area contributed by atoms with E-state index in [1.165, 1.54) is 12.8 Å². The zero-order valence-corrected chi connectivity index (χ0v) is 6.30. The fourth-order valence-corrected chi connectivity index (χ4v) is 1.50. The maximum Gasteiger partial charge on any atom is 0.131 e. The lowest BCUT2D eigenvalue weighted by atomic mass is 10.4. The lowest BCUT2D eigenvalue weighted by Gasteiger charge is -1.95. The van der Waals surface area contributed by atoms with E-state index in [-0.39, 0.29) is 0 Å². The number of rotatable bonds is 3. The summed E-state index contributed by atoms with van der Waals surface area (Å²) in [4.78, 5) is 8.82. The molecule has 0 aliphatic heterocycles. The lowest BCUT2D eigenvalue weighted by Crippen LogP contribution is -2.10. The lowest BCUT2D eigenvalue weighted by molar-refractivity contribution is 0.586. The Kier molecular flexibility index (Phi) is 4.55. The first-order chi connectivity index (χ1) is 3.27. The maximum absolute atomic E-state index is 8.82. The fraction of sp³-hybridized carbons (Fsp3) is 1.00. The molecule has 0 aromatic carbocycles. The third-order valence-corrected chi connectivity index (χ3v) is 2.22. The van der Waals surface area contributed by atoms with Gasteiger partial charge in [-0.3, -0.25) is 0 Å². The minimum Gasteiger partial charge on any atom is -0.443 e. The van der Waals surface area contributed by atoms with E-state index < -0.39 is 8.91 Å². The highest BCUT2D eigenvalue weighted by Crippen LogP contribution is 1.94. The van der Waals surface area contributed by atoms with E-state index in [2.05, 4.69) is 6.92 Å². The molecule has 1 N–H and O–H groups in total.